The number of aryl methyl sites for hydroxylation is 1. The lowest BCUT2D eigenvalue weighted by Gasteiger charge is -1.89. The summed E-state index contributed by atoms with van der Waals surface area (Å²) in [5.41, 5.74) is 5.33. The fourth-order valence-corrected chi connectivity index (χ4v) is 0.818. The van der Waals surface area contributed by atoms with E-state index in [0.29, 0.717) is 6.54 Å². The van der Waals surface area contributed by atoms with Gasteiger partial charge in [0.1, 0.15) is 0 Å². The zero-order chi connectivity index (χ0) is 8.81. The molecule has 3 nitrogen and oxygen atoms in total. The summed E-state index contributed by atoms with van der Waals surface area (Å²) in [5, 5.41) is 0. The van der Waals surface area contributed by atoms with E-state index in [4.69, 9.17) is 5.73 Å². The topological polar surface area (TPSA) is 43.8 Å². The highest BCUT2D eigenvalue weighted by atomic mass is 15.0. The number of unbranched alkanes of at least 4 members (excludes halogenated alkanes) is 1. The maximum Gasteiger partial charge on any atom is 0.185 e. The van der Waals surface area contributed by atoms with Crippen LogP contribution >= 0.6 is 0 Å². The van der Waals surface area contributed by atoms with Gasteiger partial charge in [-0.25, -0.2) is 4.98 Å². The third-order valence-corrected chi connectivity index (χ3v) is 1.53. The molecule has 0 aliphatic carbocycles. The van der Waals surface area contributed by atoms with Gasteiger partial charge in [-0.1, -0.05) is 5.92 Å². The van der Waals surface area contributed by atoms with Gasteiger partial charge in [0.25, 0.3) is 0 Å². The van der Waals surface area contributed by atoms with Crippen molar-refractivity contribution in [1.82, 2.24) is 9.55 Å². The Labute approximate surface area is 72.6 Å². The van der Waals surface area contributed by atoms with Gasteiger partial charge >= 0.3 is 0 Å². The molecule has 0 spiro atoms. The number of aromatic nitrogens is 2. The van der Waals surface area contributed by atoms with Gasteiger partial charge in [-0.3, -0.25) is 0 Å². The van der Waals surface area contributed by atoms with Gasteiger partial charge in [0, 0.05) is 25.9 Å². The molecule has 0 atom stereocenters. The molecule has 64 valence electrons. The minimum absolute atomic E-state index is 0.704. The summed E-state index contributed by atoms with van der Waals surface area (Å²) in [6.45, 7) is 0.704. The summed E-state index contributed by atoms with van der Waals surface area (Å²) in [6.07, 6.45) is 5.43. The third kappa shape index (κ3) is 2.40. The SMILES string of the molecule is Cn1ccnc1C#CCCCN. The Balaban J connectivity index is 2.49. The quantitative estimate of drug-likeness (QED) is 0.510. The van der Waals surface area contributed by atoms with E-state index in [0.717, 1.165) is 18.7 Å². The molecule has 1 aromatic rings. The van der Waals surface area contributed by atoms with E-state index in [1.807, 2.05) is 17.8 Å². The maximum atomic E-state index is 5.33. The average molecular weight is 163 g/mol. The van der Waals surface area contributed by atoms with E-state index >= 15 is 0 Å². The van der Waals surface area contributed by atoms with Crippen LogP contribution in [-0.2, 0) is 7.05 Å². The van der Waals surface area contributed by atoms with Gasteiger partial charge in [-0.05, 0) is 18.9 Å². The van der Waals surface area contributed by atoms with E-state index in [1.165, 1.54) is 0 Å². The molecule has 0 aliphatic rings. The number of nitrogens with zero attached hydrogens (tertiary/aromatic N) is 2. The first-order valence-corrected chi connectivity index (χ1v) is 4.01. The lowest BCUT2D eigenvalue weighted by Crippen LogP contribution is -1.96. The Hall–Kier alpha value is -1.27. The van der Waals surface area contributed by atoms with Crippen molar-refractivity contribution in [1.29, 1.82) is 0 Å². The Bertz CT molecular complexity index is 290. The van der Waals surface area contributed by atoms with E-state index in [9.17, 15) is 0 Å². The van der Waals surface area contributed by atoms with Crippen molar-refractivity contribution in [2.45, 2.75) is 12.8 Å². The highest BCUT2D eigenvalue weighted by Crippen LogP contribution is 1.91. The van der Waals surface area contributed by atoms with Crippen LogP contribution in [0.3, 0.4) is 0 Å². The first kappa shape index (κ1) is 8.82. The van der Waals surface area contributed by atoms with Crippen molar-refractivity contribution < 1.29 is 0 Å². The molecule has 0 radical (unpaired) electrons. The fraction of sp³-hybridized carbons (Fsp3) is 0.444. The van der Waals surface area contributed by atoms with Crippen molar-refractivity contribution in [3.8, 4) is 11.8 Å². The van der Waals surface area contributed by atoms with E-state index in [1.54, 1.807) is 6.20 Å². The van der Waals surface area contributed by atoms with Crippen molar-refractivity contribution in [3.05, 3.63) is 18.2 Å². The molecule has 1 aromatic heterocycles. The Kier molecular flexibility index (Phi) is 3.36. The maximum absolute atomic E-state index is 5.33. The average Bonchev–Trinajstić information content (AvgIpc) is 2.46. The Morgan fingerprint density at radius 1 is 1.67 bits per heavy atom. The molecule has 0 fully saturated rings. The smallest absolute Gasteiger partial charge is 0.185 e. The molecule has 1 heterocycles. The van der Waals surface area contributed by atoms with Crippen molar-refractivity contribution in [2.75, 3.05) is 6.54 Å². The standard InChI is InChI=1S/C9H13N3/c1-12-8-7-11-9(12)5-3-2-4-6-10/h7-8H,2,4,6,10H2,1H3. The molecule has 2 N–H and O–H groups in total. The van der Waals surface area contributed by atoms with Gasteiger partial charge in [0.15, 0.2) is 5.82 Å². The van der Waals surface area contributed by atoms with E-state index in [2.05, 4.69) is 16.8 Å². The number of hydrogen-bond acceptors (Lipinski definition) is 2. The lowest BCUT2D eigenvalue weighted by molar-refractivity contribution is 0.866. The van der Waals surface area contributed by atoms with Crippen LogP contribution < -0.4 is 5.73 Å². The van der Waals surface area contributed by atoms with Crippen LogP contribution in [0.1, 0.15) is 18.7 Å². The minimum Gasteiger partial charge on any atom is -0.330 e. The highest BCUT2D eigenvalue weighted by molar-refractivity contribution is 5.21. The number of hydrogen-bond donors (Lipinski definition) is 1. The molecule has 0 bridgehead atoms. The van der Waals surface area contributed by atoms with E-state index in [-0.39, 0.29) is 0 Å². The van der Waals surface area contributed by atoms with E-state index < -0.39 is 0 Å². The second kappa shape index (κ2) is 4.58. The van der Waals surface area contributed by atoms with Crippen LogP contribution in [0.25, 0.3) is 0 Å². The van der Waals surface area contributed by atoms with Gasteiger partial charge in [-0.2, -0.15) is 0 Å². The summed E-state index contributed by atoms with van der Waals surface area (Å²) in [7, 11) is 1.93. The molecule has 1 rings (SSSR count). The molecule has 3 heteroatoms. The minimum atomic E-state index is 0.704. The van der Waals surface area contributed by atoms with Gasteiger partial charge in [0.05, 0.1) is 0 Å². The largest absolute Gasteiger partial charge is 0.330 e. The highest BCUT2D eigenvalue weighted by Gasteiger charge is 1.90. The first-order chi connectivity index (χ1) is 5.84. The van der Waals surface area contributed by atoms with Crippen LogP contribution in [0.15, 0.2) is 12.4 Å². The second-order valence-corrected chi connectivity index (χ2v) is 2.56. The summed E-state index contributed by atoms with van der Waals surface area (Å²) < 4.78 is 1.90. The summed E-state index contributed by atoms with van der Waals surface area (Å²) in [4.78, 5) is 4.07. The van der Waals surface area contributed by atoms with Crippen LogP contribution in [-0.4, -0.2) is 16.1 Å². The molecule has 0 unspecified atom stereocenters. The van der Waals surface area contributed by atoms with Crippen molar-refractivity contribution >= 4 is 0 Å². The molecule has 0 aromatic carbocycles. The molecule has 12 heavy (non-hydrogen) atoms. The number of imidazole rings is 1. The second-order valence-electron chi connectivity index (χ2n) is 2.56. The van der Waals surface area contributed by atoms with Crippen LogP contribution in [0.5, 0.6) is 0 Å². The molecule has 0 amide bonds. The number of rotatable bonds is 2. The van der Waals surface area contributed by atoms with Crippen LogP contribution in [0, 0.1) is 11.8 Å². The van der Waals surface area contributed by atoms with Crippen molar-refractivity contribution in [2.24, 2.45) is 12.8 Å². The van der Waals surface area contributed by atoms with Gasteiger partial charge in [0.2, 0.25) is 0 Å². The molecule has 0 saturated heterocycles. The summed E-state index contributed by atoms with van der Waals surface area (Å²) >= 11 is 0. The Morgan fingerprint density at radius 2 is 2.50 bits per heavy atom. The normalized spacial score (nSPS) is 9.17. The molecule has 0 saturated carbocycles. The molecular weight excluding hydrogens is 150 g/mol. The summed E-state index contributed by atoms with van der Waals surface area (Å²) in [6, 6.07) is 0. The first-order valence-electron chi connectivity index (χ1n) is 4.01. The predicted molar refractivity (Wildman–Crippen MR) is 48.4 cm³/mol. The van der Waals surface area contributed by atoms with Gasteiger partial charge in [-0.15, -0.1) is 0 Å². The molecule has 0 aliphatic heterocycles. The Morgan fingerprint density at radius 3 is 3.08 bits per heavy atom. The monoisotopic (exact) mass is 163 g/mol. The third-order valence-electron chi connectivity index (χ3n) is 1.53. The fourth-order valence-electron chi connectivity index (χ4n) is 0.818. The zero-order valence-corrected chi connectivity index (χ0v) is 7.25. The van der Waals surface area contributed by atoms with Crippen LogP contribution in [0.4, 0.5) is 0 Å². The summed E-state index contributed by atoms with van der Waals surface area (Å²) in [5.74, 6) is 6.80. The predicted octanol–water partition coefficient (Wildman–Crippen LogP) is 0.510. The number of nitrogens with two attached hydrogens (primary N) is 1. The van der Waals surface area contributed by atoms with Gasteiger partial charge < -0.3 is 10.3 Å². The van der Waals surface area contributed by atoms with Crippen LogP contribution in [0.2, 0.25) is 0 Å². The lowest BCUT2D eigenvalue weighted by atomic mass is 10.3. The van der Waals surface area contributed by atoms with Crippen molar-refractivity contribution in [3.63, 3.8) is 0 Å². The molecular formula is C9H13N3. The zero-order valence-electron chi connectivity index (χ0n) is 7.25.